The first-order valence-electron chi connectivity index (χ1n) is 7.59. The fourth-order valence-corrected chi connectivity index (χ4v) is 2.89. The standard InChI is InChI=1S/C18H21FN2/c19-16-6-4-5-15(13-16)14-20-17-9-11-21(12-10-17)18-7-2-1-3-8-18/h1-8,13,17,20H,9-12,14H2. The first kappa shape index (κ1) is 14.1. The molecule has 0 aliphatic carbocycles. The molecule has 2 aromatic rings. The van der Waals surface area contributed by atoms with Gasteiger partial charge in [0.05, 0.1) is 0 Å². The van der Waals surface area contributed by atoms with Crippen LogP contribution >= 0.6 is 0 Å². The average Bonchev–Trinajstić information content (AvgIpc) is 2.54. The van der Waals surface area contributed by atoms with E-state index in [1.54, 1.807) is 12.1 Å². The van der Waals surface area contributed by atoms with E-state index in [9.17, 15) is 4.39 Å². The van der Waals surface area contributed by atoms with Crippen molar-refractivity contribution in [2.45, 2.75) is 25.4 Å². The van der Waals surface area contributed by atoms with Crippen molar-refractivity contribution in [3.05, 3.63) is 66.0 Å². The van der Waals surface area contributed by atoms with Gasteiger partial charge >= 0.3 is 0 Å². The van der Waals surface area contributed by atoms with Gasteiger partial charge in [-0.15, -0.1) is 0 Å². The molecule has 0 aromatic heterocycles. The summed E-state index contributed by atoms with van der Waals surface area (Å²) < 4.78 is 13.1. The number of hydrogen-bond acceptors (Lipinski definition) is 2. The van der Waals surface area contributed by atoms with E-state index in [0.717, 1.165) is 38.0 Å². The average molecular weight is 284 g/mol. The van der Waals surface area contributed by atoms with Gasteiger partial charge in [-0.05, 0) is 42.7 Å². The van der Waals surface area contributed by atoms with Crippen LogP contribution in [0.2, 0.25) is 0 Å². The molecule has 2 aromatic carbocycles. The smallest absolute Gasteiger partial charge is 0.123 e. The molecular formula is C18H21FN2. The summed E-state index contributed by atoms with van der Waals surface area (Å²) in [7, 11) is 0. The van der Waals surface area contributed by atoms with Gasteiger partial charge in [-0.25, -0.2) is 4.39 Å². The lowest BCUT2D eigenvalue weighted by atomic mass is 10.0. The Morgan fingerprint density at radius 3 is 2.48 bits per heavy atom. The summed E-state index contributed by atoms with van der Waals surface area (Å²) in [6.45, 7) is 2.89. The van der Waals surface area contributed by atoms with Crippen LogP contribution in [-0.2, 0) is 6.54 Å². The molecule has 0 unspecified atom stereocenters. The van der Waals surface area contributed by atoms with Gasteiger partial charge in [0.25, 0.3) is 0 Å². The van der Waals surface area contributed by atoms with Crippen molar-refractivity contribution in [3.63, 3.8) is 0 Å². The summed E-state index contributed by atoms with van der Waals surface area (Å²) in [5.41, 5.74) is 2.32. The van der Waals surface area contributed by atoms with Crippen LogP contribution in [0.25, 0.3) is 0 Å². The lowest BCUT2D eigenvalue weighted by molar-refractivity contribution is 0.413. The normalized spacial score (nSPS) is 16.1. The second-order valence-corrected chi connectivity index (χ2v) is 5.61. The Labute approximate surface area is 125 Å². The van der Waals surface area contributed by atoms with Gasteiger partial charge in [0.2, 0.25) is 0 Å². The summed E-state index contributed by atoms with van der Waals surface area (Å²) in [4.78, 5) is 2.43. The van der Waals surface area contributed by atoms with Crippen LogP contribution in [0.1, 0.15) is 18.4 Å². The maximum atomic E-state index is 13.1. The zero-order chi connectivity index (χ0) is 14.5. The lowest BCUT2D eigenvalue weighted by Crippen LogP contribution is -2.42. The molecule has 1 aliphatic rings. The third kappa shape index (κ3) is 3.82. The summed E-state index contributed by atoms with van der Waals surface area (Å²) in [6, 6.07) is 17.9. The van der Waals surface area contributed by atoms with Gasteiger partial charge in [-0.2, -0.15) is 0 Å². The largest absolute Gasteiger partial charge is 0.371 e. The van der Waals surface area contributed by atoms with Crippen LogP contribution in [0.15, 0.2) is 54.6 Å². The van der Waals surface area contributed by atoms with Crippen LogP contribution in [0.3, 0.4) is 0 Å². The Hall–Kier alpha value is -1.87. The van der Waals surface area contributed by atoms with Crippen LogP contribution < -0.4 is 10.2 Å². The van der Waals surface area contributed by atoms with Crippen molar-refractivity contribution in [2.75, 3.05) is 18.0 Å². The zero-order valence-corrected chi connectivity index (χ0v) is 12.1. The number of nitrogens with zero attached hydrogens (tertiary/aromatic N) is 1. The molecule has 0 saturated carbocycles. The second-order valence-electron chi connectivity index (χ2n) is 5.61. The van der Waals surface area contributed by atoms with Crippen LogP contribution in [0, 0.1) is 5.82 Å². The second kappa shape index (κ2) is 6.72. The summed E-state index contributed by atoms with van der Waals surface area (Å²) in [5, 5.41) is 3.54. The fraction of sp³-hybridized carbons (Fsp3) is 0.333. The Bertz CT molecular complexity index is 562. The molecule has 110 valence electrons. The highest BCUT2D eigenvalue weighted by atomic mass is 19.1. The van der Waals surface area contributed by atoms with E-state index in [-0.39, 0.29) is 5.82 Å². The molecule has 0 amide bonds. The predicted octanol–water partition coefficient (Wildman–Crippen LogP) is 3.58. The zero-order valence-electron chi connectivity index (χ0n) is 12.1. The molecule has 21 heavy (non-hydrogen) atoms. The van der Waals surface area contributed by atoms with Crippen LogP contribution in [0.4, 0.5) is 10.1 Å². The number of anilines is 1. The molecular weight excluding hydrogens is 263 g/mol. The molecule has 2 nitrogen and oxygen atoms in total. The number of halogens is 1. The van der Waals surface area contributed by atoms with E-state index >= 15 is 0 Å². The molecule has 0 bridgehead atoms. The molecule has 1 N–H and O–H groups in total. The predicted molar refractivity (Wildman–Crippen MR) is 84.9 cm³/mol. The van der Waals surface area contributed by atoms with Gasteiger partial charge < -0.3 is 10.2 Å². The van der Waals surface area contributed by atoms with Crippen molar-refractivity contribution < 1.29 is 4.39 Å². The summed E-state index contributed by atoms with van der Waals surface area (Å²) in [6.07, 6.45) is 2.26. The van der Waals surface area contributed by atoms with E-state index in [1.807, 2.05) is 6.07 Å². The third-order valence-electron chi connectivity index (χ3n) is 4.10. The van der Waals surface area contributed by atoms with Crippen molar-refractivity contribution in [1.82, 2.24) is 5.32 Å². The van der Waals surface area contributed by atoms with Crippen molar-refractivity contribution in [2.24, 2.45) is 0 Å². The maximum absolute atomic E-state index is 13.1. The van der Waals surface area contributed by atoms with E-state index in [2.05, 4.69) is 40.5 Å². The van der Waals surface area contributed by atoms with Gasteiger partial charge in [0, 0.05) is 31.4 Å². The monoisotopic (exact) mass is 284 g/mol. The van der Waals surface area contributed by atoms with Gasteiger partial charge in [-0.3, -0.25) is 0 Å². The Morgan fingerprint density at radius 1 is 1.00 bits per heavy atom. The maximum Gasteiger partial charge on any atom is 0.123 e. The number of nitrogens with one attached hydrogen (secondary N) is 1. The summed E-state index contributed by atoms with van der Waals surface area (Å²) in [5.74, 6) is -0.159. The first-order chi connectivity index (χ1) is 10.3. The Balaban J connectivity index is 1.48. The van der Waals surface area contributed by atoms with Crippen molar-refractivity contribution in [3.8, 4) is 0 Å². The molecule has 0 radical (unpaired) electrons. The molecule has 3 rings (SSSR count). The Morgan fingerprint density at radius 2 is 1.76 bits per heavy atom. The Kier molecular flexibility index (Phi) is 4.51. The SMILES string of the molecule is Fc1cccc(CNC2CCN(c3ccccc3)CC2)c1. The van der Waals surface area contributed by atoms with E-state index in [0.29, 0.717) is 6.04 Å². The fourth-order valence-electron chi connectivity index (χ4n) is 2.89. The van der Waals surface area contributed by atoms with E-state index in [4.69, 9.17) is 0 Å². The number of piperidine rings is 1. The molecule has 1 aliphatic heterocycles. The first-order valence-corrected chi connectivity index (χ1v) is 7.59. The quantitative estimate of drug-likeness (QED) is 0.923. The highest BCUT2D eigenvalue weighted by Crippen LogP contribution is 2.19. The minimum atomic E-state index is -0.159. The molecule has 0 atom stereocenters. The summed E-state index contributed by atoms with van der Waals surface area (Å²) >= 11 is 0. The molecule has 1 fully saturated rings. The number of rotatable bonds is 4. The minimum absolute atomic E-state index is 0.159. The van der Waals surface area contributed by atoms with Crippen LogP contribution in [-0.4, -0.2) is 19.1 Å². The highest BCUT2D eigenvalue weighted by Gasteiger charge is 2.18. The molecule has 1 saturated heterocycles. The van der Waals surface area contributed by atoms with Gasteiger partial charge in [-0.1, -0.05) is 30.3 Å². The van der Waals surface area contributed by atoms with Gasteiger partial charge in [0.15, 0.2) is 0 Å². The highest BCUT2D eigenvalue weighted by molar-refractivity contribution is 5.46. The lowest BCUT2D eigenvalue weighted by Gasteiger charge is -2.34. The van der Waals surface area contributed by atoms with E-state index < -0.39 is 0 Å². The number of para-hydroxylation sites is 1. The van der Waals surface area contributed by atoms with E-state index in [1.165, 1.54) is 11.8 Å². The van der Waals surface area contributed by atoms with Crippen LogP contribution in [0.5, 0.6) is 0 Å². The number of benzene rings is 2. The van der Waals surface area contributed by atoms with Gasteiger partial charge in [0.1, 0.15) is 5.82 Å². The number of hydrogen-bond donors (Lipinski definition) is 1. The topological polar surface area (TPSA) is 15.3 Å². The molecule has 3 heteroatoms. The molecule has 0 spiro atoms. The van der Waals surface area contributed by atoms with Crippen molar-refractivity contribution in [1.29, 1.82) is 0 Å². The minimum Gasteiger partial charge on any atom is -0.371 e. The van der Waals surface area contributed by atoms with Crippen molar-refractivity contribution >= 4 is 5.69 Å². The molecule has 1 heterocycles. The third-order valence-corrected chi connectivity index (χ3v) is 4.10.